The third-order valence-electron chi connectivity index (χ3n) is 5.55. The van der Waals surface area contributed by atoms with Gasteiger partial charge in [-0.15, -0.1) is 11.3 Å². The normalized spacial score (nSPS) is 11.6. The molecule has 30 heavy (non-hydrogen) atoms. The second-order valence-corrected chi connectivity index (χ2v) is 8.83. The van der Waals surface area contributed by atoms with E-state index in [0.29, 0.717) is 0 Å². The standard InChI is InChI=1S/C29H26S/c1-21-8-6-10-26(18-21)27(20-24-14-13-22(2)23(3)19-24)16-15-25-9-4-5-11-28(25)29-12-7-17-30-29/h4-14,17-19,27H,20H2,1-3H3. The van der Waals surface area contributed by atoms with E-state index in [9.17, 15) is 0 Å². The van der Waals surface area contributed by atoms with Crippen molar-refractivity contribution < 1.29 is 0 Å². The molecular formula is C29H26S. The van der Waals surface area contributed by atoms with Crippen molar-refractivity contribution in [1.29, 1.82) is 0 Å². The maximum atomic E-state index is 3.62. The molecule has 0 aliphatic rings. The van der Waals surface area contributed by atoms with Gasteiger partial charge in [0.1, 0.15) is 0 Å². The summed E-state index contributed by atoms with van der Waals surface area (Å²) in [7, 11) is 0. The lowest BCUT2D eigenvalue weighted by molar-refractivity contribution is 0.859. The fraction of sp³-hybridized carbons (Fsp3) is 0.172. The number of aryl methyl sites for hydroxylation is 3. The number of thiophene rings is 1. The minimum Gasteiger partial charge on any atom is -0.144 e. The van der Waals surface area contributed by atoms with Gasteiger partial charge < -0.3 is 0 Å². The van der Waals surface area contributed by atoms with Crippen LogP contribution in [0.4, 0.5) is 0 Å². The zero-order chi connectivity index (χ0) is 20.9. The fourth-order valence-corrected chi connectivity index (χ4v) is 4.47. The van der Waals surface area contributed by atoms with Gasteiger partial charge in [0.15, 0.2) is 0 Å². The van der Waals surface area contributed by atoms with Crippen molar-refractivity contribution in [2.45, 2.75) is 33.1 Å². The molecule has 0 bridgehead atoms. The molecule has 1 unspecified atom stereocenters. The topological polar surface area (TPSA) is 0 Å². The first-order valence-electron chi connectivity index (χ1n) is 10.4. The van der Waals surface area contributed by atoms with Crippen LogP contribution in [-0.4, -0.2) is 0 Å². The summed E-state index contributed by atoms with van der Waals surface area (Å²) in [5.74, 6) is 7.30. The average Bonchev–Trinajstić information content (AvgIpc) is 3.28. The quantitative estimate of drug-likeness (QED) is 0.304. The number of hydrogen-bond acceptors (Lipinski definition) is 1. The first kappa shape index (κ1) is 20.2. The molecule has 0 fully saturated rings. The van der Waals surface area contributed by atoms with Gasteiger partial charge in [-0.25, -0.2) is 0 Å². The van der Waals surface area contributed by atoms with Crippen molar-refractivity contribution in [3.05, 3.63) is 118 Å². The van der Waals surface area contributed by atoms with E-state index in [1.54, 1.807) is 11.3 Å². The molecule has 0 saturated carbocycles. The summed E-state index contributed by atoms with van der Waals surface area (Å²) in [6.45, 7) is 6.50. The molecule has 148 valence electrons. The highest BCUT2D eigenvalue weighted by molar-refractivity contribution is 7.13. The molecule has 1 heteroatoms. The van der Waals surface area contributed by atoms with Crippen molar-refractivity contribution in [2.24, 2.45) is 0 Å². The summed E-state index contributed by atoms with van der Waals surface area (Å²) in [6.07, 6.45) is 0.915. The Balaban J connectivity index is 1.72. The van der Waals surface area contributed by atoms with E-state index in [-0.39, 0.29) is 5.92 Å². The predicted molar refractivity (Wildman–Crippen MR) is 130 cm³/mol. The van der Waals surface area contributed by atoms with E-state index in [0.717, 1.165) is 12.0 Å². The van der Waals surface area contributed by atoms with Crippen molar-refractivity contribution in [1.82, 2.24) is 0 Å². The summed E-state index contributed by atoms with van der Waals surface area (Å²) in [6, 6.07) is 28.3. The molecule has 0 radical (unpaired) electrons. The van der Waals surface area contributed by atoms with Crippen molar-refractivity contribution in [3.63, 3.8) is 0 Å². The van der Waals surface area contributed by atoms with Crippen LogP contribution in [0.1, 0.15) is 39.3 Å². The van der Waals surface area contributed by atoms with Crippen molar-refractivity contribution in [2.75, 3.05) is 0 Å². The van der Waals surface area contributed by atoms with Gasteiger partial charge in [-0.05, 0) is 67.0 Å². The largest absolute Gasteiger partial charge is 0.144 e. The number of benzene rings is 3. The summed E-state index contributed by atoms with van der Waals surface area (Å²) >= 11 is 1.76. The van der Waals surface area contributed by atoms with E-state index in [1.807, 2.05) is 0 Å². The maximum Gasteiger partial charge on any atom is 0.0496 e. The van der Waals surface area contributed by atoms with Crippen LogP contribution in [0.25, 0.3) is 10.4 Å². The smallest absolute Gasteiger partial charge is 0.0496 e. The molecular weight excluding hydrogens is 380 g/mol. The van der Waals surface area contributed by atoms with E-state index in [1.165, 1.54) is 38.3 Å². The number of rotatable bonds is 4. The number of hydrogen-bond donors (Lipinski definition) is 0. The Hall–Kier alpha value is -3.08. The molecule has 0 nitrogen and oxygen atoms in total. The lowest BCUT2D eigenvalue weighted by atomic mass is 9.90. The molecule has 4 aromatic rings. The molecule has 0 amide bonds. The Labute approximate surface area is 184 Å². The van der Waals surface area contributed by atoms with Gasteiger partial charge in [-0.2, -0.15) is 0 Å². The molecule has 3 aromatic carbocycles. The Morgan fingerprint density at radius 2 is 1.67 bits per heavy atom. The highest BCUT2D eigenvalue weighted by Gasteiger charge is 2.11. The van der Waals surface area contributed by atoms with Crippen LogP contribution in [0.3, 0.4) is 0 Å². The third-order valence-corrected chi connectivity index (χ3v) is 6.45. The molecule has 1 atom stereocenters. The van der Waals surface area contributed by atoms with Crippen LogP contribution in [0.15, 0.2) is 84.2 Å². The molecule has 1 heterocycles. The van der Waals surface area contributed by atoms with Crippen LogP contribution in [0, 0.1) is 32.6 Å². The van der Waals surface area contributed by atoms with Crippen molar-refractivity contribution in [3.8, 4) is 22.3 Å². The third kappa shape index (κ3) is 4.73. The Kier molecular flexibility index (Phi) is 6.17. The van der Waals surface area contributed by atoms with Gasteiger partial charge >= 0.3 is 0 Å². The lowest BCUT2D eigenvalue weighted by Gasteiger charge is -2.14. The van der Waals surface area contributed by atoms with Gasteiger partial charge in [0.05, 0.1) is 0 Å². The first-order chi connectivity index (χ1) is 14.6. The van der Waals surface area contributed by atoms with E-state index in [4.69, 9.17) is 0 Å². The molecule has 4 rings (SSSR count). The second kappa shape index (κ2) is 9.16. The Bertz CT molecular complexity index is 1200. The average molecular weight is 407 g/mol. The minimum absolute atomic E-state index is 0.156. The summed E-state index contributed by atoms with van der Waals surface area (Å²) in [5.41, 5.74) is 8.89. The van der Waals surface area contributed by atoms with Crippen LogP contribution in [0.2, 0.25) is 0 Å². The first-order valence-corrected chi connectivity index (χ1v) is 11.3. The monoisotopic (exact) mass is 406 g/mol. The van der Waals surface area contributed by atoms with Gasteiger partial charge in [0.25, 0.3) is 0 Å². The van der Waals surface area contributed by atoms with Crippen molar-refractivity contribution >= 4 is 11.3 Å². The summed E-state index contributed by atoms with van der Waals surface area (Å²) < 4.78 is 0. The molecule has 0 aliphatic heterocycles. The molecule has 0 saturated heterocycles. The Morgan fingerprint density at radius 3 is 2.43 bits per heavy atom. The highest BCUT2D eigenvalue weighted by atomic mass is 32.1. The maximum absolute atomic E-state index is 3.62. The summed E-state index contributed by atoms with van der Waals surface area (Å²) in [4.78, 5) is 1.26. The zero-order valence-corrected chi connectivity index (χ0v) is 18.6. The molecule has 0 spiro atoms. The summed E-state index contributed by atoms with van der Waals surface area (Å²) in [5, 5.41) is 2.12. The Morgan fingerprint density at radius 1 is 0.800 bits per heavy atom. The second-order valence-electron chi connectivity index (χ2n) is 7.88. The van der Waals surface area contributed by atoms with Gasteiger partial charge in [0, 0.05) is 21.9 Å². The van der Waals surface area contributed by atoms with E-state index >= 15 is 0 Å². The predicted octanol–water partition coefficient (Wildman–Crippen LogP) is 7.72. The highest BCUT2D eigenvalue weighted by Crippen LogP contribution is 2.28. The van der Waals surface area contributed by atoms with Crippen LogP contribution >= 0.6 is 11.3 Å². The van der Waals surface area contributed by atoms with Crippen LogP contribution in [-0.2, 0) is 6.42 Å². The zero-order valence-electron chi connectivity index (χ0n) is 17.8. The van der Waals surface area contributed by atoms with Crippen LogP contribution in [0.5, 0.6) is 0 Å². The van der Waals surface area contributed by atoms with Gasteiger partial charge in [0.2, 0.25) is 0 Å². The molecule has 0 N–H and O–H groups in total. The lowest BCUT2D eigenvalue weighted by Crippen LogP contribution is -2.02. The molecule has 0 aliphatic carbocycles. The van der Waals surface area contributed by atoms with E-state index < -0.39 is 0 Å². The van der Waals surface area contributed by atoms with Gasteiger partial charge in [-0.1, -0.05) is 84.1 Å². The minimum atomic E-state index is 0.156. The SMILES string of the molecule is Cc1cccc(C(C#Cc2ccccc2-c2cccs2)Cc2ccc(C)c(C)c2)c1. The van der Waals surface area contributed by atoms with E-state index in [2.05, 4.69) is 117 Å². The molecule has 1 aromatic heterocycles. The van der Waals surface area contributed by atoms with Gasteiger partial charge in [-0.3, -0.25) is 0 Å². The van der Waals surface area contributed by atoms with Crippen LogP contribution < -0.4 is 0 Å². The fourth-order valence-electron chi connectivity index (χ4n) is 3.71.